The number of aromatic nitrogens is 3. The van der Waals surface area contributed by atoms with Crippen LogP contribution in [0.2, 0.25) is 0 Å². The average molecular weight is 490 g/mol. The van der Waals surface area contributed by atoms with Crippen molar-refractivity contribution in [3.63, 3.8) is 0 Å². The average Bonchev–Trinajstić information content (AvgIpc) is 3.29. The molecular formula is C27H23BN6O3. The molecule has 0 saturated carbocycles. The molecule has 2 aromatic heterocycles. The van der Waals surface area contributed by atoms with Crippen molar-refractivity contribution in [2.24, 2.45) is 5.73 Å². The van der Waals surface area contributed by atoms with E-state index < -0.39 is 12.1 Å². The highest BCUT2D eigenvalue weighted by Crippen LogP contribution is 2.29. The lowest BCUT2D eigenvalue weighted by Gasteiger charge is -2.15. The fourth-order valence-electron chi connectivity index (χ4n) is 3.80. The molecule has 0 fully saturated rings. The molecular weight excluding hydrogens is 467 g/mol. The zero-order valence-corrected chi connectivity index (χ0v) is 19.7. The van der Waals surface area contributed by atoms with Crippen LogP contribution in [0.15, 0.2) is 91.1 Å². The number of phenols is 1. The van der Waals surface area contributed by atoms with Crippen LogP contribution in [0.1, 0.15) is 5.56 Å². The number of hydrogen-bond donors (Lipinski definition) is 4. The third-order valence-corrected chi connectivity index (χ3v) is 5.61. The van der Waals surface area contributed by atoms with E-state index >= 15 is 0 Å². The largest absolute Gasteiger partial charge is 0.507 e. The van der Waals surface area contributed by atoms with Crippen molar-refractivity contribution in [1.82, 2.24) is 14.6 Å². The first kappa shape index (κ1) is 23.9. The molecule has 2 heterocycles. The zero-order chi connectivity index (χ0) is 25.8. The summed E-state index contributed by atoms with van der Waals surface area (Å²) in [4.78, 5) is 17.1. The monoisotopic (exact) mass is 490 g/mol. The molecule has 0 aliphatic heterocycles. The highest BCUT2D eigenvalue weighted by molar-refractivity contribution is 6.36. The number of ether oxygens (including phenoxy) is 1. The molecule has 0 aliphatic rings. The third kappa shape index (κ3) is 5.39. The summed E-state index contributed by atoms with van der Waals surface area (Å²) in [5.74, 6) is 0.785. The molecule has 9 nitrogen and oxygen atoms in total. The number of rotatable bonds is 8. The molecule has 10 heteroatoms. The Balaban J connectivity index is 1.32. The van der Waals surface area contributed by atoms with Crippen LogP contribution in [-0.2, 0) is 11.3 Å². The van der Waals surface area contributed by atoms with Crippen LogP contribution < -0.4 is 26.6 Å². The first-order valence-electron chi connectivity index (χ1n) is 11.5. The maximum atomic E-state index is 12.5. The number of carbonyl (C=O) groups excluding carboxylic acids is 1. The minimum atomic E-state index is -1.16. The second kappa shape index (κ2) is 10.4. The minimum absolute atomic E-state index is 0.112. The number of nitrogens with two attached hydrogens (primary N) is 1. The summed E-state index contributed by atoms with van der Waals surface area (Å²) >= 11 is 0. The molecule has 0 bridgehead atoms. The molecule has 1 unspecified atom stereocenters. The molecule has 3 aromatic carbocycles. The van der Waals surface area contributed by atoms with E-state index in [4.69, 9.17) is 18.3 Å². The highest BCUT2D eigenvalue weighted by atomic mass is 16.5. The van der Waals surface area contributed by atoms with Crippen LogP contribution in [0.4, 0.5) is 11.5 Å². The lowest BCUT2D eigenvalue weighted by Crippen LogP contribution is -2.40. The Bertz CT molecular complexity index is 1560. The Morgan fingerprint density at radius 2 is 1.84 bits per heavy atom. The lowest BCUT2D eigenvalue weighted by atomic mass is 10.0. The molecule has 0 saturated heterocycles. The second-order valence-electron chi connectivity index (χ2n) is 8.27. The number of carbonyl (C=O) groups is 1. The number of nitrogens with zero attached hydrogens (tertiary/aromatic N) is 3. The normalized spacial score (nSPS) is 11.7. The second-order valence-corrected chi connectivity index (χ2v) is 8.27. The predicted molar refractivity (Wildman–Crippen MR) is 143 cm³/mol. The number of phenolic OH excluding ortho intramolecular Hbond substituents is 1. The standard InChI is InChI=1S/C27H23BN6O3/c28-21-16-31-34-24(14-22(33-26(21)34)20-11-4-5-12-23(20)35)30-15-17-7-6-8-18(13-17)32-27(36)25(29)37-19-9-2-1-3-10-19/h1-14,16,25,30,35H,15,29H2,(H,32,36). The number of amides is 1. The SMILES string of the molecule is [B]c1cnn2c(NCc3cccc(NC(=O)C(N)Oc4ccccc4)c3)cc(-c3ccccc3O)nc12. The van der Waals surface area contributed by atoms with E-state index in [9.17, 15) is 9.90 Å². The van der Waals surface area contributed by atoms with Crippen molar-refractivity contribution in [1.29, 1.82) is 0 Å². The minimum Gasteiger partial charge on any atom is -0.507 e. The Morgan fingerprint density at radius 1 is 1.05 bits per heavy atom. The third-order valence-electron chi connectivity index (χ3n) is 5.61. The van der Waals surface area contributed by atoms with Gasteiger partial charge in [0.1, 0.15) is 25.2 Å². The van der Waals surface area contributed by atoms with E-state index in [0.29, 0.717) is 46.2 Å². The molecule has 2 radical (unpaired) electrons. The van der Waals surface area contributed by atoms with Crippen molar-refractivity contribution in [3.8, 4) is 22.8 Å². The fraction of sp³-hybridized carbons (Fsp3) is 0.0741. The summed E-state index contributed by atoms with van der Waals surface area (Å²) in [5, 5.41) is 20.8. The van der Waals surface area contributed by atoms with E-state index in [-0.39, 0.29) is 5.75 Å². The maximum Gasteiger partial charge on any atom is 0.280 e. The molecule has 5 rings (SSSR count). The summed E-state index contributed by atoms with van der Waals surface area (Å²) in [6.45, 7) is 0.412. The van der Waals surface area contributed by atoms with Crippen LogP contribution in [0.5, 0.6) is 11.5 Å². The van der Waals surface area contributed by atoms with Gasteiger partial charge in [-0.1, -0.05) is 42.5 Å². The molecule has 5 aromatic rings. The van der Waals surface area contributed by atoms with Gasteiger partial charge in [0.05, 0.1) is 5.69 Å². The van der Waals surface area contributed by atoms with Gasteiger partial charge in [-0.25, -0.2) is 4.98 Å². The summed E-state index contributed by atoms with van der Waals surface area (Å²) in [6, 6.07) is 25.0. The molecule has 1 atom stereocenters. The zero-order valence-electron chi connectivity index (χ0n) is 19.7. The number of hydrogen-bond acceptors (Lipinski definition) is 7. The van der Waals surface area contributed by atoms with Gasteiger partial charge in [0.15, 0.2) is 5.65 Å². The number of anilines is 2. The lowest BCUT2D eigenvalue weighted by molar-refractivity contribution is -0.122. The van der Waals surface area contributed by atoms with E-state index in [2.05, 4.69) is 20.7 Å². The molecule has 182 valence electrons. The number of benzene rings is 3. The van der Waals surface area contributed by atoms with E-state index in [0.717, 1.165) is 5.56 Å². The smallest absolute Gasteiger partial charge is 0.280 e. The number of nitrogens with one attached hydrogen (secondary N) is 2. The van der Waals surface area contributed by atoms with Crippen molar-refractivity contribution >= 4 is 36.4 Å². The predicted octanol–water partition coefficient (Wildman–Crippen LogP) is 2.81. The fourth-order valence-corrected chi connectivity index (χ4v) is 3.80. The summed E-state index contributed by atoms with van der Waals surface area (Å²) in [7, 11) is 6.08. The van der Waals surface area contributed by atoms with Crippen LogP contribution in [0.25, 0.3) is 16.9 Å². The van der Waals surface area contributed by atoms with Gasteiger partial charge in [-0.15, -0.1) is 0 Å². The summed E-state index contributed by atoms with van der Waals surface area (Å²) in [5.41, 5.74) is 9.39. The molecule has 0 spiro atoms. The Kier molecular flexibility index (Phi) is 6.73. The number of aromatic hydroxyl groups is 1. The van der Waals surface area contributed by atoms with Crippen LogP contribution >= 0.6 is 0 Å². The summed E-state index contributed by atoms with van der Waals surface area (Å²) in [6.07, 6.45) is 0.367. The van der Waals surface area contributed by atoms with Crippen molar-refractivity contribution < 1.29 is 14.6 Å². The van der Waals surface area contributed by atoms with Gasteiger partial charge >= 0.3 is 0 Å². The van der Waals surface area contributed by atoms with Crippen LogP contribution in [-0.4, -0.2) is 39.7 Å². The Labute approximate surface area is 214 Å². The van der Waals surface area contributed by atoms with Gasteiger partial charge in [0.25, 0.3) is 5.91 Å². The highest BCUT2D eigenvalue weighted by Gasteiger charge is 2.16. The van der Waals surface area contributed by atoms with Gasteiger partial charge in [0.2, 0.25) is 6.23 Å². The van der Waals surface area contributed by atoms with Gasteiger partial charge in [-0.3, -0.25) is 10.5 Å². The Morgan fingerprint density at radius 3 is 2.65 bits per heavy atom. The summed E-state index contributed by atoms with van der Waals surface area (Å²) < 4.78 is 7.09. The van der Waals surface area contributed by atoms with Gasteiger partial charge < -0.3 is 20.5 Å². The van der Waals surface area contributed by atoms with Gasteiger partial charge in [-0.05, 0) is 47.4 Å². The van der Waals surface area contributed by atoms with E-state index in [1.807, 2.05) is 30.3 Å². The molecule has 0 aliphatic carbocycles. The topological polar surface area (TPSA) is 127 Å². The van der Waals surface area contributed by atoms with Gasteiger partial charge in [-0.2, -0.15) is 9.61 Å². The Hall–Kier alpha value is -4.83. The first-order chi connectivity index (χ1) is 18.0. The van der Waals surface area contributed by atoms with Gasteiger partial charge in [0, 0.05) is 30.1 Å². The quantitative estimate of drug-likeness (QED) is 0.195. The van der Waals surface area contributed by atoms with E-state index in [1.54, 1.807) is 59.1 Å². The van der Waals surface area contributed by atoms with Crippen molar-refractivity contribution in [2.75, 3.05) is 10.6 Å². The molecule has 5 N–H and O–H groups in total. The number of para-hydroxylation sites is 2. The van der Waals surface area contributed by atoms with Crippen LogP contribution in [0, 0.1) is 0 Å². The first-order valence-corrected chi connectivity index (χ1v) is 11.5. The molecule has 37 heavy (non-hydrogen) atoms. The van der Waals surface area contributed by atoms with Crippen molar-refractivity contribution in [3.05, 3.63) is 96.7 Å². The number of fused-ring (bicyclic) bond motifs is 1. The molecule has 1 amide bonds. The van der Waals surface area contributed by atoms with E-state index in [1.165, 1.54) is 6.20 Å². The van der Waals surface area contributed by atoms with Crippen molar-refractivity contribution in [2.45, 2.75) is 12.8 Å². The maximum absolute atomic E-state index is 12.5. The van der Waals surface area contributed by atoms with Crippen LogP contribution in [0.3, 0.4) is 0 Å².